The number of aliphatic carboxylic acids is 1. The van der Waals surface area contributed by atoms with Crippen molar-refractivity contribution in [2.45, 2.75) is 31.3 Å². The Labute approximate surface area is 211 Å². The van der Waals surface area contributed by atoms with Crippen LogP contribution in [-0.4, -0.2) is 36.9 Å². The summed E-state index contributed by atoms with van der Waals surface area (Å²) in [5, 5.41) is 15.1. The van der Waals surface area contributed by atoms with E-state index in [0.717, 1.165) is 38.1 Å². The number of carboxylic acids is 1. The predicted molar refractivity (Wildman–Crippen MR) is 142 cm³/mol. The first-order valence-electron chi connectivity index (χ1n) is 12.5. The van der Waals surface area contributed by atoms with Gasteiger partial charge in [-0.15, -0.1) is 0 Å². The molecule has 0 saturated heterocycles. The Morgan fingerprint density at radius 2 is 1.69 bits per heavy atom. The van der Waals surface area contributed by atoms with Crippen LogP contribution in [0.25, 0.3) is 10.8 Å². The molecule has 5 nitrogen and oxygen atoms in total. The third-order valence-corrected chi connectivity index (χ3v) is 6.83. The molecule has 1 aliphatic heterocycles. The highest BCUT2D eigenvalue weighted by Crippen LogP contribution is 2.41. The lowest BCUT2D eigenvalue weighted by Gasteiger charge is -2.33. The number of ether oxygens (including phenoxy) is 2. The fourth-order valence-electron chi connectivity index (χ4n) is 5.05. The van der Waals surface area contributed by atoms with Crippen molar-refractivity contribution in [1.82, 2.24) is 5.32 Å². The molecule has 184 valence electrons. The number of rotatable bonds is 10. The summed E-state index contributed by atoms with van der Waals surface area (Å²) in [6, 6.07) is 31.1. The van der Waals surface area contributed by atoms with Crippen molar-refractivity contribution in [3.05, 3.63) is 108 Å². The van der Waals surface area contributed by atoms with Gasteiger partial charge in [-0.05, 0) is 72.5 Å². The van der Waals surface area contributed by atoms with Gasteiger partial charge in [0.15, 0.2) is 6.61 Å². The molecule has 0 saturated carbocycles. The summed E-state index contributed by atoms with van der Waals surface area (Å²) < 4.78 is 11.7. The van der Waals surface area contributed by atoms with Gasteiger partial charge in [0.2, 0.25) is 0 Å². The molecule has 0 radical (unpaired) electrons. The van der Waals surface area contributed by atoms with Crippen molar-refractivity contribution >= 4 is 16.7 Å². The molecule has 2 unspecified atom stereocenters. The Balaban J connectivity index is 1.18. The number of benzene rings is 4. The van der Waals surface area contributed by atoms with Crippen LogP contribution in [0, 0.1) is 0 Å². The van der Waals surface area contributed by atoms with Gasteiger partial charge in [0.25, 0.3) is 0 Å². The lowest BCUT2D eigenvalue weighted by molar-refractivity contribution is -0.139. The van der Waals surface area contributed by atoms with Crippen molar-refractivity contribution in [3.8, 4) is 11.5 Å². The Morgan fingerprint density at radius 1 is 0.917 bits per heavy atom. The lowest BCUT2D eigenvalue weighted by atomic mass is 9.83. The maximum absolute atomic E-state index is 10.8. The molecule has 0 bridgehead atoms. The molecule has 0 fully saturated rings. The quantitative estimate of drug-likeness (QED) is 0.280. The van der Waals surface area contributed by atoms with E-state index in [2.05, 4.69) is 59.9 Å². The fraction of sp³-hybridized carbons (Fsp3) is 0.258. The van der Waals surface area contributed by atoms with E-state index in [9.17, 15) is 4.79 Å². The van der Waals surface area contributed by atoms with Crippen molar-refractivity contribution in [1.29, 1.82) is 0 Å². The maximum Gasteiger partial charge on any atom is 0.341 e. The van der Waals surface area contributed by atoms with E-state index in [0.29, 0.717) is 5.75 Å². The normalized spacial score (nSPS) is 16.8. The van der Waals surface area contributed by atoms with Gasteiger partial charge < -0.3 is 19.9 Å². The van der Waals surface area contributed by atoms with E-state index in [1.807, 2.05) is 36.4 Å². The predicted octanol–water partition coefficient (Wildman–Crippen LogP) is 5.81. The average molecular weight is 482 g/mol. The molecule has 36 heavy (non-hydrogen) atoms. The van der Waals surface area contributed by atoms with Crippen molar-refractivity contribution in [3.63, 3.8) is 0 Å². The van der Waals surface area contributed by atoms with Crippen LogP contribution in [0.1, 0.15) is 35.4 Å². The molecule has 5 rings (SSSR count). The SMILES string of the molecule is O=C(O)COc1ccc(C2CC(CCNCCc3cccc4ccccc34)Oc3ccccc32)cc1. The smallest absolute Gasteiger partial charge is 0.341 e. The summed E-state index contributed by atoms with van der Waals surface area (Å²) in [7, 11) is 0. The highest BCUT2D eigenvalue weighted by molar-refractivity contribution is 5.85. The van der Waals surface area contributed by atoms with E-state index in [-0.39, 0.29) is 18.6 Å². The van der Waals surface area contributed by atoms with Crippen molar-refractivity contribution in [2.24, 2.45) is 0 Å². The van der Waals surface area contributed by atoms with Gasteiger partial charge >= 0.3 is 5.97 Å². The van der Waals surface area contributed by atoms with Gasteiger partial charge in [-0.3, -0.25) is 0 Å². The third kappa shape index (κ3) is 5.69. The van der Waals surface area contributed by atoms with E-state index in [4.69, 9.17) is 14.6 Å². The van der Waals surface area contributed by atoms with Crippen LogP contribution >= 0.6 is 0 Å². The molecule has 4 aromatic carbocycles. The molecular formula is C31H31NO4. The van der Waals surface area contributed by atoms with Crippen LogP contribution in [0.5, 0.6) is 11.5 Å². The van der Waals surface area contributed by atoms with Crippen LogP contribution in [0.3, 0.4) is 0 Å². The Hall–Kier alpha value is -3.83. The second-order valence-electron chi connectivity index (χ2n) is 9.24. The molecule has 1 heterocycles. The topological polar surface area (TPSA) is 67.8 Å². The summed E-state index contributed by atoms with van der Waals surface area (Å²) in [5.74, 6) is 0.754. The minimum atomic E-state index is -0.981. The van der Waals surface area contributed by atoms with Crippen LogP contribution < -0.4 is 14.8 Å². The summed E-state index contributed by atoms with van der Waals surface area (Å²) >= 11 is 0. The minimum absolute atomic E-state index is 0.123. The number of hydrogen-bond donors (Lipinski definition) is 2. The van der Waals surface area contributed by atoms with Crippen LogP contribution in [-0.2, 0) is 11.2 Å². The fourth-order valence-corrected chi connectivity index (χ4v) is 5.05. The standard InChI is InChI=1S/C31H31NO4/c33-31(34)21-35-25-14-12-24(13-15-25)29-20-26(36-30-11-4-3-10-28(29)30)17-19-32-18-16-23-8-5-7-22-6-1-2-9-27(22)23/h1-15,26,29,32H,16-21H2,(H,33,34). The molecular weight excluding hydrogens is 450 g/mol. The summed E-state index contributed by atoms with van der Waals surface area (Å²) in [4.78, 5) is 10.8. The molecule has 0 amide bonds. The molecule has 0 aliphatic carbocycles. The van der Waals surface area contributed by atoms with Crippen LogP contribution in [0.15, 0.2) is 91.0 Å². The number of carbonyl (C=O) groups is 1. The number of hydrogen-bond acceptors (Lipinski definition) is 4. The van der Waals surface area contributed by atoms with E-state index in [1.165, 1.54) is 27.5 Å². The Kier molecular flexibility index (Phi) is 7.48. The third-order valence-electron chi connectivity index (χ3n) is 6.83. The van der Waals surface area contributed by atoms with Gasteiger partial charge in [-0.2, -0.15) is 0 Å². The van der Waals surface area contributed by atoms with E-state index in [1.54, 1.807) is 0 Å². The zero-order valence-corrected chi connectivity index (χ0v) is 20.2. The summed E-state index contributed by atoms with van der Waals surface area (Å²) in [5.41, 5.74) is 3.75. The maximum atomic E-state index is 10.8. The molecule has 4 aromatic rings. The lowest BCUT2D eigenvalue weighted by Crippen LogP contribution is -2.30. The van der Waals surface area contributed by atoms with Gasteiger partial charge in [-0.1, -0.05) is 72.8 Å². The second-order valence-corrected chi connectivity index (χ2v) is 9.24. The first-order valence-corrected chi connectivity index (χ1v) is 12.5. The largest absolute Gasteiger partial charge is 0.490 e. The van der Waals surface area contributed by atoms with Gasteiger partial charge in [0.1, 0.15) is 17.6 Å². The first-order chi connectivity index (χ1) is 17.7. The second kappa shape index (κ2) is 11.3. The van der Waals surface area contributed by atoms with Crippen molar-refractivity contribution < 1.29 is 19.4 Å². The first kappa shape index (κ1) is 23.9. The molecule has 5 heteroatoms. The number of carboxylic acid groups (broad SMARTS) is 1. The Morgan fingerprint density at radius 3 is 2.56 bits per heavy atom. The van der Waals surface area contributed by atoms with E-state index >= 15 is 0 Å². The zero-order valence-electron chi connectivity index (χ0n) is 20.2. The number of fused-ring (bicyclic) bond motifs is 2. The van der Waals surface area contributed by atoms with Gasteiger partial charge in [0.05, 0.1) is 0 Å². The molecule has 2 atom stereocenters. The molecule has 0 aromatic heterocycles. The number of para-hydroxylation sites is 1. The van der Waals surface area contributed by atoms with Gasteiger partial charge in [0, 0.05) is 11.5 Å². The molecule has 0 spiro atoms. The molecule has 1 aliphatic rings. The monoisotopic (exact) mass is 481 g/mol. The summed E-state index contributed by atoms with van der Waals surface area (Å²) in [6.45, 7) is 1.49. The molecule has 2 N–H and O–H groups in total. The van der Waals surface area contributed by atoms with Crippen LogP contribution in [0.4, 0.5) is 0 Å². The minimum Gasteiger partial charge on any atom is -0.490 e. The van der Waals surface area contributed by atoms with Crippen molar-refractivity contribution in [2.75, 3.05) is 19.7 Å². The number of nitrogens with one attached hydrogen (secondary N) is 1. The van der Waals surface area contributed by atoms with Crippen LogP contribution in [0.2, 0.25) is 0 Å². The highest BCUT2D eigenvalue weighted by Gasteiger charge is 2.29. The average Bonchev–Trinajstić information content (AvgIpc) is 2.91. The van der Waals surface area contributed by atoms with Gasteiger partial charge in [-0.25, -0.2) is 4.79 Å². The summed E-state index contributed by atoms with van der Waals surface area (Å²) in [6.07, 6.45) is 2.95. The highest BCUT2D eigenvalue weighted by atomic mass is 16.5. The zero-order chi connectivity index (χ0) is 24.7. The van der Waals surface area contributed by atoms with E-state index < -0.39 is 5.97 Å². The Bertz CT molecular complexity index is 1310.